The fourth-order valence-corrected chi connectivity index (χ4v) is 5.75. The van der Waals surface area contributed by atoms with Gasteiger partial charge in [-0.15, -0.1) is 6.58 Å². The summed E-state index contributed by atoms with van der Waals surface area (Å²) in [6.07, 6.45) is 16.7. The van der Waals surface area contributed by atoms with Crippen LogP contribution in [0.3, 0.4) is 0 Å². The normalized spacial score (nSPS) is 24.1. The number of benzene rings is 2. The van der Waals surface area contributed by atoms with Crippen LogP contribution in [0.5, 0.6) is 0 Å². The smallest absolute Gasteiger partial charge is 0.0162 e. The van der Waals surface area contributed by atoms with E-state index in [9.17, 15) is 0 Å². The van der Waals surface area contributed by atoms with Gasteiger partial charge < -0.3 is 0 Å². The van der Waals surface area contributed by atoms with Crippen molar-refractivity contribution in [2.45, 2.75) is 83.5 Å². The summed E-state index contributed by atoms with van der Waals surface area (Å²) in [6.45, 7) is 6.19. The van der Waals surface area contributed by atoms with Crippen molar-refractivity contribution in [2.24, 2.45) is 11.8 Å². The molecule has 1 fully saturated rings. The van der Waals surface area contributed by atoms with Crippen molar-refractivity contribution in [1.29, 1.82) is 0 Å². The molecule has 0 bridgehead atoms. The van der Waals surface area contributed by atoms with E-state index in [1.165, 1.54) is 81.8 Å². The Kier molecular flexibility index (Phi) is 6.90. The summed E-state index contributed by atoms with van der Waals surface area (Å²) < 4.78 is 0. The molecule has 0 nitrogen and oxygen atoms in total. The summed E-state index contributed by atoms with van der Waals surface area (Å²) in [7, 11) is 0. The zero-order chi connectivity index (χ0) is 20.1. The molecule has 0 N–H and O–H groups in total. The first-order valence-electron chi connectivity index (χ1n) is 12.1. The van der Waals surface area contributed by atoms with E-state index < -0.39 is 0 Å². The van der Waals surface area contributed by atoms with E-state index in [4.69, 9.17) is 0 Å². The third kappa shape index (κ3) is 5.03. The minimum absolute atomic E-state index is 0.767. The lowest BCUT2D eigenvalue weighted by Gasteiger charge is -2.28. The molecule has 2 aromatic rings. The Bertz CT molecular complexity index is 789. The Morgan fingerprint density at radius 2 is 1.59 bits per heavy atom. The Hall–Kier alpha value is -1.82. The first kappa shape index (κ1) is 20.5. The van der Waals surface area contributed by atoms with Crippen LogP contribution in [0.15, 0.2) is 55.1 Å². The fraction of sp³-hybridized carbons (Fsp3) is 0.517. The second kappa shape index (κ2) is 9.79. The predicted octanol–water partition coefficient (Wildman–Crippen LogP) is 8.50. The topological polar surface area (TPSA) is 0 Å². The van der Waals surface area contributed by atoms with Gasteiger partial charge in [-0.05, 0) is 103 Å². The van der Waals surface area contributed by atoms with Gasteiger partial charge in [0.05, 0.1) is 0 Å². The summed E-state index contributed by atoms with van der Waals surface area (Å²) >= 11 is 0. The highest BCUT2D eigenvalue weighted by Gasteiger charge is 2.22. The maximum absolute atomic E-state index is 3.88. The van der Waals surface area contributed by atoms with Crippen molar-refractivity contribution in [3.05, 3.63) is 71.8 Å². The SMILES string of the molecule is C=CCCC1CCC(c2ccc(-c3ccc4c(c3)CCC(CCC)C4)cc2)CC1. The van der Waals surface area contributed by atoms with Gasteiger partial charge in [-0.3, -0.25) is 0 Å². The second-order valence-corrected chi connectivity index (χ2v) is 9.59. The number of fused-ring (bicyclic) bond motifs is 1. The highest BCUT2D eigenvalue weighted by Crippen LogP contribution is 2.38. The maximum Gasteiger partial charge on any atom is -0.0162 e. The number of hydrogen-bond acceptors (Lipinski definition) is 0. The van der Waals surface area contributed by atoms with Crippen molar-refractivity contribution >= 4 is 0 Å². The van der Waals surface area contributed by atoms with Gasteiger partial charge in [-0.1, -0.05) is 68.3 Å². The molecule has 1 saturated carbocycles. The molecule has 0 aliphatic heterocycles. The highest BCUT2D eigenvalue weighted by molar-refractivity contribution is 5.65. The van der Waals surface area contributed by atoms with Crippen molar-refractivity contribution in [3.63, 3.8) is 0 Å². The second-order valence-electron chi connectivity index (χ2n) is 9.59. The highest BCUT2D eigenvalue weighted by atomic mass is 14.3. The van der Waals surface area contributed by atoms with Crippen molar-refractivity contribution in [2.75, 3.05) is 0 Å². The molecular weight excluding hydrogens is 348 g/mol. The lowest BCUT2D eigenvalue weighted by Crippen LogP contribution is -2.14. The molecule has 0 heterocycles. The van der Waals surface area contributed by atoms with E-state index in [1.54, 1.807) is 16.7 Å². The maximum atomic E-state index is 3.88. The van der Waals surface area contributed by atoms with E-state index in [0.717, 1.165) is 17.8 Å². The number of rotatable bonds is 7. The van der Waals surface area contributed by atoms with Gasteiger partial charge in [0.25, 0.3) is 0 Å². The first-order valence-corrected chi connectivity index (χ1v) is 12.1. The summed E-state index contributed by atoms with van der Waals surface area (Å²) in [4.78, 5) is 0. The molecule has 0 radical (unpaired) electrons. The van der Waals surface area contributed by atoms with Crippen LogP contribution in [-0.4, -0.2) is 0 Å². The summed E-state index contributed by atoms with van der Waals surface area (Å²) in [5.41, 5.74) is 7.53. The molecule has 29 heavy (non-hydrogen) atoms. The van der Waals surface area contributed by atoms with E-state index in [1.807, 2.05) is 0 Å². The average Bonchev–Trinajstić information content (AvgIpc) is 2.78. The molecule has 0 spiro atoms. The van der Waals surface area contributed by atoms with Crippen molar-refractivity contribution in [3.8, 4) is 11.1 Å². The van der Waals surface area contributed by atoms with Crippen LogP contribution in [-0.2, 0) is 12.8 Å². The molecule has 1 atom stereocenters. The van der Waals surface area contributed by atoms with Crippen LogP contribution in [0, 0.1) is 11.8 Å². The third-order valence-electron chi connectivity index (χ3n) is 7.57. The van der Waals surface area contributed by atoms with Crippen molar-refractivity contribution < 1.29 is 0 Å². The van der Waals surface area contributed by atoms with Gasteiger partial charge in [0, 0.05) is 0 Å². The van der Waals surface area contributed by atoms with Crippen molar-refractivity contribution in [1.82, 2.24) is 0 Å². The van der Waals surface area contributed by atoms with E-state index in [2.05, 4.69) is 62.0 Å². The zero-order valence-electron chi connectivity index (χ0n) is 18.3. The minimum Gasteiger partial charge on any atom is -0.103 e. The molecule has 0 heteroatoms. The molecular formula is C29H38. The molecule has 2 aliphatic rings. The number of aryl methyl sites for hydroxylation is 1. The van der Waals surface area contributed by atoms with E-state index in [-0.39, 0.29) is 0 Å². The summed E-state index contributed by atoms with van der Waals surface area (Å²) in [5, 5.41) is 0. The molecule has 2 aromatic carbocycles. The molecule has 154 valence electrons. The van der Waals surface area contributed by atoms with Gasteiger partial charge >= 0.3 is 0 Å². The van der Waals surface area contributed by atoms with Crippen LogP contribution in [0.2, 0.25) is 0 Å². The van der Waals surface area contributed by atoms with Gasteiger partial charge in [-0.2, -0.15) is 0 Å². The monoisotopic (exact) mass is 386 g/mol. The van der Waals surface area contributed by atoms with Gasteiger partial charge in [0.2, 0.25) is 0 Å². The molecule has 4 rings (SSSR count). The molecule has 0 aromatic heterocycles. The molecule has 1 unspecified atom stereocenters. The molecule has 0 saturated heterocycles. The summed E-state index contributed by atoms with van der Waals surface area (Å²) in [5.74, 6) is 2.60. The standard InChI is InChI=1S/C29H38/c1-3-5-7-22-8-11-24(12-9-22)25-14-16-26(17-15-25)28-19-18-27-20-23(6-4-2)10-13-29(27)21-28/h3,14-19,21-24H,1,4-13,20H2,2H3. The Balaban J connectivity index is 1.39. The lowest BCUT2D eigenvalue weighted by atomic mass is 9.77. The van der Waals surface area contributed by atoms with E-state index in [0.29, 0.717) is 0 Å². The quantitative estimate of drug-likeness (QED) is 0.418. The van der Waals surface area contributed by atoms with Crippen LogP contribution >= 0.6 is 0 Å². The Morgan fingerprint density at radius 3 is 2.31 bits per heavy atom. The number of hydrogen-bond donors (Lipinski definition) is 0. The van der Waals surface area contributed by atoms with Gasteiger partial charge in [0.15, 0.2) is 0 Å². The van der Waals surface area contributed by atoms with E-state index >= 15 is 0 Å². The Labute approximate surface area is 178 Å². The molecule has 0 amide bonds. The number of allylic oxidation sites excluding steroid dienone is 1. The van der Waals surface area contributed by atoms with Crippen LogP contribution < -0.4 is 0 Å². The molecule has 2 aliphatic carbocycles. The fourth-order valence-electron chi connectivity index (χ4n) is 5.75. The summed E-state index contributed by atoms with van der Waals surface area (Å²) in [6, 6.07) is 16.8. The van der Waals surface area contributed by atoms with Gasteiger partial charge in [0.1, 0.15) is 0 Å². The Morgan fingerprint density at radius 1 is 0.828 bits per heavy atom. The third-order valence-corrected chi connectivity index (χ3v) is 7.57. The average molecular weight is 387 g/mol. The largest absolute Gasteiger partial charge is 0.103 e. The van der Waals surface area contributed by atoms with Gasteiger partial charge in [-0.25, -0.2) is 0 Å². The first-order chi connectivity index (χ1) is 14.3. The minimum atomic E-state index is 0.767. The van der Waals surface area contributed by atoms with Crippen LogP contribution in [0.25, 0.3) is 11.1 Å². The van der Waals surface area contributed by atoms with Crippen LogP contribution in [0.1, 0.15) is 87.3 Å². The lowest BCUT2D eigenvalue weighted by molar-refractivity contribution is 0.312. The van der Waals surface area contributed by atoms with Crippen LogP contribution in [0.4, 0.5) is 0 Å². The predicted molar refractivity (Wildman–Crippen MR) is 126 cm³/mol. The zero-order valence-corrected chi connectivity index (χ0v) is 18.3.